The lowest BCUT2D eigenvalue weighted by atomic mass is 9.57. The van der Waals surface area contributed by atoms with Gasteiger partial charge in [0.05, 0.1) is 17.1 Å². The smallest absolute Gasteiger partial charge is 0.0865 e. The van der Waals surface area contributed by atoms with Crippen molar-refractivity contribution in [1.82, 2.24) is 0 Å². The molecule has 17 heavy (non-hydrogen) atoms. The fourth-order valence-corrected chi connectivity index (χ4v) is 4.20. The first-order valence-corrected chi connectivity index (χ1v) is 7.09. The molecule has 0 amide bonds. The second-order valence-electron chi connectivity index (χ2n) is 6.62. The van der Waals surface area contributed by atoms with Gasteiger partial charge in [-0.2, -0.15) is 5.26 Å². The fraction of sp³-hybridized carbons (Fsp3) is 0.933. The fourth-order valence-electron chi connectivity index (χ4n) is 4.20. The van der Waals surface area contributed by atoms with E-state index in [-0.39, 0.29) is 5.92 Å². The number of hydrogen-bond acceptors (Lipinski definition) is 2. The molecule has 0 radical (unpaired) electrons. The molecule has 0 heterocycles. The highest BCUT2D eigenvalue weighted by molar-refractivity contribution is 5.17. The normalized spacial score (nSPS) is 51.1. The van der Waals surface area contributed by atoms with Crippen LogP contribution in [0, 0.1) is 34.5 Å². The topological polar surface area (TPSA) is 44.0 Å². The molecule has 5 unspecified atom stereocenters. The van der Waals surface area contributed by atoms with E-state index in [9.17, 15) is 10.4 Å². The van der Waals surface area contributed by atoms with Gasteiger partial charge in [-0.15, -0.1) is 0 Å². The Hall–Kier alpha value is -0.550. The minimum atomic E-state index is -0.746. The molecule has 0 bridgehead atoms. The van der Waals surface area contributed by atoms with Gasteiger partial charge in [0.25, 0.3) is 0 Å². The van der Waals surface area contributed by atoms with Gasteiger partial charge in [0.2, 0.25) is 0 Å². The van der Waals surface area contributed by atoms with Crippen LogP contribution in [0.5, 0.6) is 0 Å². The Morgan fingerprint density at radius 3 is 2.41 bits per heavy atom. The zero-order valence-electron chi connectivity index (χ0n) is 11.4. The summed E-state index contributed by atoms with van der Waals surface area (Å²) in [6, 6.07) is 2.52. The van der Waals surface area contributed by atoms with Crippen LogP contribution in [0.15, 0.2) is 0 Å². The summed E-state index contributed by atoms with van der Waals surface area (Å²) >= 11 is 0. The van der Waals surface area contributed by atoms with Crippen molar-refractivity contribution in [2.45, 2.75) is 64.9 Å². The molecule has 2 aliphatic rings. The lowest BCUT2D eigenvalue weighted by Crippen LogP contribution is -2.54. The van der Waals surface area contributed by atoms with E-state index in [2.05, 4.69) is 26.8 Å². The molecule has 96 valence electrons. The summed E-state index contributed by atoms with van der Waals surface area (Å²) in [6.45, 7) is 6.57. The van der Waals surface area contributed by atoms with Crippen molar-refractivity contribution in [3.63, 3.8) is 0 Å². The van der Waals surface area contributed by atoms with Crippen LogP contribution in [0.25, 0.3) is 0 Å². The van der Waals surface area contributed by atoms with E-state index < -0.39 is 11.0 Å². The summed E-state index contributed by atoms with van der Waals surface area (Å²) in [5, 5.41) is 20.8. The third-order valence-corrected chi connectivity index (χ3v) is 5.63. The molecule has 2 fully saturated rings. The summed E-state index contributed by atoms with van der Waals surface area (Å²) < 4.78 is 0. The predicted molar refractivity (Wildman–Crippen MR) is 68.2 cm³/mol. The Kier molecular flexibility index (Phi) is 3.25. The molecule has 1 N–H and O–H groups in total. The molecule has 0 aliphatic heterocycles. The van der Waals surface area contributed by atoms with Crippen LogP contribution in [0.2, 0.25) is 0 Å². The lowest BCUT2D eigenvalue weighted by molar-refractivity contribution is -0.134. The van der Waals surface area contributed by atoms with Crippen LogP contribution in [0.3, 0.4) is 0 Å². The standard InChI is InChI=1S/C15H25NO/c1-11-6-8-14(9-11,10-16)15(17)7-4-5-12(2)13(15)3/h11-13,17H,4-9H2,1-3H3. The zero-order chi connectivity index (χ0) is 12.7. The van der Waals surface area contributed by atoms with Crippen LogP contribution in [0.4, 0.5) is 0 Å². The second-order valence-corrected chi connectivity index (χ2v) is 6.62. The minimum Gasteiger partial charge on any atom is -0.388 e. The quantitative estimate of drug-likeness (QED) is 0.756. The predicted octanol–water partition coefficient (Wildman–Crippen LogP) is 3.50. The molecule has 0 aromatic heterocycles. The van der Waals surface area contributed by atoms with E-state index in [1.54, 1.807) is 0 Å². The summed E-state index contributed by atoms with van der Waals surface area (Å²) in [7, 11) is 0. The van der Waals surface area contributed by atoms with E-state index in [0.29, 0.717) is 11.8 Å². The average molecular weight is 235 g/mol. The summed E-state index contributed by atoms with van der Waals surface area (Å²) in [5.74, 6) is 1.37. The summed E-state index contributed by atoms with van der Waals surface area (Å²) in [6.07, 6.45) is 5.95. The molecule has 0 aromatic rings. The number of rotatable bonds is 1. The average Bonchev–Trinajstić information content (AvgIpc) is 2.69. The van der Waals surface area contributed by atoms with Crippen LogP contribution in [0.1, 0.15) is 59.3 Å². The van der Waals surface area contributed by atoms with Gasteiger partial charge in [0.15, 0.2) is 0 Å². The molecular formula is C15H25NO. The van der Waals surface area contributed by atoms with E-state index >= 15 is 0 Å². The van der Waals surface area contributed by atoms with E-state index in [0.717, 1.165) is 32.1 Å². The van der Waals surface area contributed by atoms with Crippen molar-refractivity contribution in [3.8, 4) is 6.07 Å². The zero-order valence-corrected chi connectivity index (χ0v) is 11.4. The van der Waals surface area contributed by atoms with Crippen LogP contribution in [-0.2, 0) is 0 Å². The molecule has 2 aliphatic carbocycles. The maximum atomic E-state index is 11.2. The van der Waals surface area contributed by atoms with Crippen LogP contribution in [-0.4, -0.2) is 10.7 Å². The molecule has 0 aromatic carbocycles. The Bertz CT molecular complexity index is 334. The summed E-state index contributed by atoms with van der Waals surface area (Å²) in [5.41, 5.74) is -1.22. The SMILES string of the molecule is CC1CCC(C#N)(C2(O)CCCC(C)C2C)C1. The minimum absolute atomic E-state index is 0.251. The van der Waals surface area contributed by atoms with E-state index in [1.165, 1.54) is 6.42 Å². The third-order valence-electron chi connectivity index (χ3n) is 5.63. The molecule has 0 spiro atoms. The van der Waals surface area contributed by atoms with Crippen molar-refractivity contribution < 1.29 is 5.11 Å². The maximum absolute atomic E-state index is 11.2. The van der Waals surface area contributed by atoms with E-state index in [1.807, 2.05) is 0 Å². The van der Waals surface area contributed by atoms with Crippen LogP contribution >= 0.6 is 0 Å². The Morgan fingerprint density at radius 1 is 1.18 bits per heavy atom. The molecule has 2 nitrogen and oxygen atoms in total. The number of nitrogens with zero attached hydrogens (tertiary/aromatic N) is 1. The molecule has 2 rings (SSSR count). The Balaban J connectivity index is 2.33. The molecule has 5 atom stereocenters. The highest BCUT2D eigenvalue weighted by Gasteiger charge is 2.58. The van der Waals surface area contributed by atoms with Gasteiger partial charge in [0, 0.05) is 0 Å². The van der Waals surface area contributed by atoms with Crippen molar-refractivity contribution in [2.75, 3.05) is 0 Å². The number of nitriles is 1. The van der Waals surface area contributed by atoms with Gasteiger partial charge < -0.3 is 5.11 Å². The first-order chi connectivity index (χ1) is 7.95. The Labute approximate surface area is 105 Å². The molecular weight excluding hydrogens is 210 g/mol. The van der Waals surface area contributed by atoms with Gasteiger partial charge >= 0.3 is 0 Å². The Morgan fingerprint density at radius 2 is 1.88 bits per heavy atom. The van der Waals surface area contributed by atoms with Crippen molar-refractivity contribution in [3.05, 3.63) is 0 Å². The lowest BCUT2D eigenvalue weighted by Gasteiger charge is -2.50. The third kappa shape index (κ3) is 1.80. The van der Waals surface area contributed by atoms with Crippen LogP contribution < -0.4 is 0 Å². The van der Waals surface area contributed by atoms with Gasteiger partial charge in [-0.3, -0.25) is 0 Å². The van der Waals surface area contributed by atoms with E-state index in [4.69, 9.17) is 0 Å². The van der Waals surface area contributed by atoms with Crippen molar-refractivity contribution in [1.29, 1.82) is 5.26 Å². The highest BCUT2D eigenvalue weighted by Crippen LogP contribution is 2.56. The highest BCUT2D eigenvalue weighted by atomic mass is 16.3. The summed E-state index contributed by atoms with van der Waals surface area (Å²) in [4.78, 5) is 0. The number of hydrogen-bond donors (Lipinski definition) is 1. The molecule has 0 saturated heterocycles. The van der Waals surface area contributed by atoms with Crippen molar-refractivity contribution in [2.24, 2.45) is 23.2 Å². The second kappa shape index (κ2) is 4.28. The molecule has 2 heteroatoms. The monoisotopic (exact) mass is 235 g/mol. The maximum Gasteiger partial charge on any atom is 0.0865 e. The molecule has 2 saturated carbocycles. The van der Waals surface area contributed by atoms with Gasteiger partial charge in [-0.1, -0.05) is 33.6 Å². The number of aliphatic hydroxyl groups is 1. The first kappa shape index (κ1) is 12.9. The van der Waals surface area contributed by atoms with Gasteiger partial charge in [-0.25, -0.2) is 0 Å². The van der Waals surface area contributed by atoms with Gasteiger partial charge in [-0.05, 0) is 43.4 Å². The first-order valence-electron chi connectivity index (χ1n) is 7.09. The largest absolute Gasteiger partial charge is 0.388 e. The van der Waals surface area contributed by atoms with Gasteiger partial charge in [0.1, 0.15) is 0 Å². The van der Waals surface area contributed by atoms with Crippen molar-refractivity contribution >= 4 is 0 Å².